The molecule has 2 fully saturated rings. The maximum absolute atomic E-state index is 13.8. The van der Waals surface area contributed by atoms with Crippen molar-refractivity contribution in [2.24, 2.45) is 4.99 Å². The van der Waals surface area contributed by atoms with E-state index in [1.807, 2.05) is 6.07 Å². The van der Waals surface area contributed by atoms with E-state index in [4.69, 9.17) is 4.74 Å². The number of rotatable bonds is 5. The number of benzene rings is 1. The molecule has 1 aromatic carbocycles. The highest BCUT2D eigenvalue weighted by Crippen LogP contribution is 2.34. The van der Waals surface area contributed by atoms with Gasteiger partial charge in [0.25, 0.3) is 0 Å². The summed E-state index contributed by atoms with van der Waals surface area (Å²) in [5.41, 5.74) is 0.636. The molecule has 2 saturated heterocycles. The van der Waals surface area contributed by atoms with Gasteiger partial charge in [0, 0.05) is 51.4 Å². The lowest BCUT2D eigenvalue weighted by molar-refractivity contribution is -0.143. The van der Waals surface area contributed by atoms with E-state index in [-0.39, 0.29) is 41.3 Å². The van der Waals surface area contributed by atoms with Gasteiger partial charge in [-0.2, -0.15) is 13.2 Å². The summed E-state index contributed by atoms with van der Waals surface area (Å²) >= 11 is 0. The quantitative estimate of drug-likeness (QED) is 0.259. The summed E-state index contributed by atoms with van der Waals surface area (Å²) in [6.07, 6.45) is -2.05. The van der Waals surface area contributed by atoms with Crippen molar-refractivity contribution < 1.29 is 22.3 Å². The van der Waals surface area contributed by atoms with Gasteiger partial charge in [-0.15, -0.1) is 24.0 Å². The summed E-state index contributed by atoms with van der Waals surface area (Å²) in [5, 5.41) is 6.53. The Morgan fingerprint density at radius 3 is 2.67 bits per heavy atom. The SMILES string of the molecule is CN=C(NCC1(c2cccc(F)c2)CCOCC1)NC1CCN(CC(F)(F)F)C1.I. The van der Waals surface area contributed by atoms with Gasteiger partial charge in [-0.3, -0.25) is 9.89 Å². The zero-order chi connectivity index (χ0) is 20.9. The largest absolute Gasteiger partial charge is 0.401 e. The molecular weight excluding hydrogens is 515 g/mol. The topological polar surface area (TPSA) is 48.9 Å². The standard InChI is InChI=1S/C20H28F4N4O.HI/c1-25-18(27-17-5-8-28(12-17)14-20(22,23)24)26-13-19(6-9-29-10-7-19)15-3-2-4-16(21)11-15;/h2-4,11,17H,5-10,12-14H2,1H3,(H2,25,26,27);1H. The van der Waals surface area contributed by atoms with Gasteiger partial charge in [-0.1, -0.05) is 12.1 Å². The van der Waals surface area contributed by atoms with Gasteiger partial charge in [0.15, 0.2) is 5.96 Å². The van der Waals surface area contributed by atoms with Crippen LogP contribution in [0.5, 0.6) is 0 Å². The second-order valence-corrected chi connectivity index (χ2v) is 7.81. The summed E-state index contributed by atoms with van der Waals surface area (Å²) in [5.74, 6) is 0.276. The van der Waals surface area contributed by atoms with Crippen LogP contribution < -0.4 is 10.6 Å². The van der Waals surface area contributed by atoms with Gasteiger partial charge in [-0.25, -0.2) is 4.39 Å². The van der Waals surface area contributed by atoms with Crippen molar-refractivity contribution in [1.29, 1.82) is 0 Å². The number of ether oxygens (including phenoxy) is 1. The molecule has 10 heteroatoms. The van der Waals surface area contributed by atoms with Gasteiger partial charge in [-0.05, 0) is 37.0 Å². The third-order valence-corrected chi connectivity index (χ3v) is 5.72. The van der Waals surface area contributed by atoms with Crippen molar-refractivity contribution >= 4 is 29.9 Å². The van der Waals surface area contributed by atoms with Gasteiger partial charge in [0.2, 0.25) is 0 Å². The first kappa shape index (κ1) is 25.1. The first-order valence-electron chi connectivity index (χ1n) is 9.90. The lowest BCUT2D eigenvalue weighted by atomic mass is 9.74. The van der Waals surface area contributed by atoms with E-state index in [0.29, 0.717) is 45.2 Å². The minimum atomic E-state index is -4.19. The van der Waals surface area contributed by atoms with E-state index in [1.165, 1.54) is 11.0 Å². The lowest BCUT2D eigenvalue weighted by Crippen LogP contribution is -2.50. The molecular formula is C20H29F4IN4O. The highest BCUT2D eigenvalue weighted by Gasteiger charge is 2.36. The lowest BCUT2D eigenvalue weighted by Gasteiger charge is -2.38. The van der Waals surface area contributed by atoms with E-state index in [9.17, 15) is 17.6 Å². The van der Waals surface area contributed by atoms with Crippen LogP contribution in [0.4, 0.5) is 17.6 Å². The first-order chi connectivity index (χ1) is 13.8. The van der Waals surface area contributed by atoms with Crippen molar-refractivity contribution in [3.05, 3.63) is 35.6 Å². The fourth-order valence-corrected chi connectivity index (χ4v) is 4.14. The number of likely N-dealkylation sites (tertiary alicyclic amines) is 1. The Balaban J connectivity index is 0.00000320. The minimum Gasteiger partial charge on any atom is -0.381 e. The van der Waals surface area contributed by atoms with E-state index in [2.05, 4.69) is 15.6 Å². The molecule has 0 radical (unpaired) electrons. The molecule has 0 aromatic heterocycles. The van der Waals surface area contributed by atoms with Crippen LogP contribution in [-0.4, -0.2) is 69.5 Å². The molecule has 2 aliphatic rings. The van der Waals surface area contributed by atoms with Gasteiger partial charge >= 0.3 is 6.18 Å². The number of aliphatic imine (C=N–C) groups is 1. The fraction of sp³-hybridized carbons (Fsp3) is 0.650. The van der Waals surface area contributed by atoms with E-state index in [0.717, 1.165) is 18.4 Å². The molecule has 5 nitrogen and oxygen atoms in total. The number of hydrogen-bond acceptors (Lipinski definition) is 3. The molecule has 0 spiro atoms. The molecule has 0 amide bonds. The summed E-state index contributed by atoms with van der Waals surface area (Å²) in [4.78, 5) is 5.63. The maximum atomic E-state index is 13.8. The monoisotopic (exact) mass is 544 g/mol. The molecule has 2 N–H and O–H groups in total. The molecule has 30 heavy (non-hydrogen) atoms. The average Bonchev–Trinajstić information content (AvgIpc) is 3.11. The molecule has 3 rings (SSSR count). The molecule has 170 valence electrons. The Morgan fingerprint density at radius 1 is 1.30 bits per heavy atom. The van der Waals surface area contributed by atoms with Crippen LogP contribution >= 0.6 is 24.0 Å². The first-order valence-corrected chi connectivity index (χ1v) is 9.90. The van der Waals surface area contributed by atoms with Crippen LogP contribution in [0.15, 0.2) is 29.3 Å². The Kier molecular flexibility index (Phi) is 9.16. The van der Waals surface area contributed by atoms with Crippen molar-refractivity contribution in [1.82, 2.24) is 15.5 Å². The smallest absolute Gasteiger partial charge is 0.381 e. The Morgan fingerprint density at radius 2 is 2.03 bits per heavy atom. The number of guanidine groups is 1. The molecule has 0 aliphatic carbocycles. The number of hydrogen-bond donors (Lipinski definition) is 2. The van der Waals surface area contributed by atoms with Crippen LogP contribution in [-0.2, 0) is 10.2 Å². The predicted octanol–water partition coefficient (Wildman–Crippen LogP) is 3.29. The normalized spacial score (nSPS) is 22.4. The zero-order valence-corrected chi connectivity index (χ0v) is 19.3. The highest BCUT2D eigenvalue weighted by molar-refractivity contribution is 14.0. The Hall–Kier alpha value is -1.14. The van der Waals surface area contributed by atoms with Crippen LogP contribution in [0.25, 0.3) is 0 Å². The predicted molar refractivity (Wildman–Crippen MR) is 119 cm³/mol. The van der Waals surface area contributed by atoms with E-state index in [1.54, 1.807) is 19.2 Å². The fourth-order valence-electron chi connectivity index (χ4n) is 4.14. The Labute approximate surface area is 191 Å². The Bertz CT molecular complexity index is 710. The number of nitrogens with one attached hydrogen (secondary N) is 2. The van der Waals surface area contributed by atoms with Crippen LogP contribution in [0.1, 0.15) is 24.8 Å². The van der Waals surface area contributed by atoms with Crippen LogP contribution in [0.3, 0.4) is 0 Å². The van der Waals surface area contributed by atoms with E-state index < -0.39 is 12.7 Å². The van der Waals surface area contributed by atoms with Crippen molar-refractivity contribution in [2.45, 2.75) is 36.9 Å². The molecule has 1 atom stereocenters. The molecule has 1 unspecified atom stereocenters. The summed E-state index contributed by atoms with van der Waals surface area (Å²) in [6, 6.07) is 6.54. The van der Waals surface area contributed by atoms with Crippen molar-refractivity contribution in [3.63, 3.8) is 0 Å². The van der Waals surface area contributed by atoms with Gasteiger partial charge in [0.05, 0.1) is 6.54 Å². The van der Waals surface area contributed by atoms with Gasteiger partial charge in [0.1, 0.15) is 5.82 Å². The summed E-state index contributed by atoms with van der Waals surface area (Å²) in [7, 11) is 1.64. The van der Waals surface area contributed by atoms with Crippen LogP contribution in [0.2, 0.25) is 0 Å². The molecule has 0 saturated carbocycles. The van der Waals surface area contributed by atoms with E-state index >= 15 is 0 Å². The van der Waals surface area contributed by atoms with Crippen molar-refractivity contribution in [3.8, 4) is 0 Å². The highest BCUT2D eigenvalue weighted by atomic mass is 127. The second kappa shape index (κ2) is 10.9. The van der Waals surface area contributed by atoms with Gasteiger partial charge < -0.3 is 15.4 Å². The molecule has 1 aromatic rings. The number of nitrogens with zero attached hydrogens (tertiary/aromatic N) is 2. The maximum Gasteiger partial charge on any atom is 0.401 e. The zero-order valence-electron chi connectivity index (χ0n) is 17.0. The molecule has 0 bridgehead atoms. The second-order valence-electron chi connectivity index (χ2n) is 7.81. The number of halogens is 5. The third kappa shape index (κ3) is 6.94. The summed E-state index contributed by atoms with van der Waals surface area (Å²) in [6.45, 7) is 1.57. The molecule has 2 heterocycles. The molecule has 2 aliphatic heterocycles. The minimum absolute atomic E-state index is 0. The average molecular weight is 544 g/mol. The van der Waals surface area contributed by atoms with Crippen molar-refractivity contribution in [2.75, 3.05) is 46.4 Å². The third-order valence-electron chi connectivity index (χ3n) is 5.72. The summed E-state index contributed by atoms with van der Waals surface area (Å²) < 4.78 is 57.1. The number of alkyl halides is 3. The van der Waals surface area contributed by atoms with Crippen LogP contribution in [0, 0.1) is 5.82 Å².